The molecule has 0 aliphatic rings. The highest BCUT2D eigenvalue weighted by Crippen LogP contribution is 2.11. The largest absolute Gasteiger partial charge is 0.321 e. The highest BCUT2D eigenvalue weighted by Gasteiger charge is 2.10. The lowest BCUT2D eigenvalue weighted by molar-refractivity contribution is -0.384. The van der Waals surface area contributed by atoms with Crippen LogP contribution in [0.3, 0.4) is 0 Å². The molecule has 1 aromatic rings. The van der Waals surface area contributed by atoms with E-state index in [2.05, 4.69) is 4.40 Å². The van der Waals surface area contributed by atoms with E-state index < -0.39 is 15.1 Å². The van der Waals surface area contributed by atoms with Crippen molar-refractivity contribution in [2.75, 3.05) is 14.1 Å². The molecule has 0 aromatic heterocycles. The first-order valence-corrected chi connectivity index (χ1v) is 5.95. The zero-order valence-corrected chi connectivity index (χ0v) is 10.1. The number of nitro groups is 1. The average Bonchev–Trinajstić information content (AvgIpc) is 2.26. The summed E-state index contributed by atoms with van der Waals surface area (Å²) in [5.41, 5.74) is 0.237. The molecule has 0 unspecified atom stereocenters. The Morgan fingerprint density at radius 1 is 1.41 bits per heavy atom. The summed E-state index contributed by atoms with van der Waals surface area (Å²) in [6.45, 7) is 0. The summed E-state index contributed by atoms with van der Waals surface area (Å²) in [6.07, 6.45) is 1.07. The summed E-state index contributed by atoms with van der Waals surface area (Å²) < 4.78 is 27.0. The molecule has 1 rings (SSSR count). The molecule has 8 heteroatoms. The molecule has 0 spiro atoms. The van der Waals surface area contributed by atoms with Crippen LogP contribution in [-0.4, -0.2) is 38.0 Å². The Kier molecular flexibility index (Phi) is 3.92. The molecule has 0 fully saturated rings. The smallest absolute Gasteiger partial charge is 0.258 e. The van der Waals surface area contributed by atoms with E-state index in [4.69, 9.17) is 0 Å². The maximum atomic E-state index is 11.3. The van der Waals surface area contributed by atoms with Crippen LogP contribution in [0, 0.1) is 10.1 Å². The average molecular weight is 257 g/mol. The van der Waals surface area contributed by atoms with E-state index in [1.807, 2.05) is 0 Å². The van der Waals surface area contributed by atoms with Gasteiger partial charge in [0.05, 0.1) is 4.92 Å². The number of non-ortho nitro benzene ring substituents is 1. The molecule has 0 saturated heterocycles. The van der Waals surface area contributed by atoms with E-state index in [0.29, 0.717) is 5.56 Å². The Hall–Kier alpha value is -1.80. The summed E-state index contributed by atoms with van der Waals surface area (Å²) in [5, 5.41) is 10.5. The van der Waals surface area contributed by atoms with Gasteiger partial charge in [0.25, 0.3) is 5.69 Å². The maximum absolute atomic E-state index is 11.3. The third kappa shape index (κ3) is 3.61. The van der Waals surface area contributed by atoms with Gasteiger partial charge in [-0.05, 0) is 0 Å². The summed E-state index contributed by atoms with van der Waals surface area (Å²) >= 11 is 0. The minimum absolute atomic E-state index is 0.115. The van der Waals surface area contributed by atoms with Crippen LogP contribution in [-0.2, 0) is 10.2 Å². The van der Waals surface area contributed by atoms with Crippen molar-refractivity contribution < 1.29 is 13.3 Å². The topological polar surface area (TPSA) is 92.9 Å². The molecule has 0 saturated carbocycles. The SMILES string of the molecule is CN(C)S(=O)(=O)/N=C/c1cccc([N+](=O)[O-])c1. The molecule has 92 valence electrons. The third-order valence-electron chi connectivity index (χ3n) is 1.88. The first kappa shape index (κ1) is 13.3. The number of hydrogen-bond donors (Lipinski definition) is 0. The second-order valence-corrected chi connectivity index (χ2v) is 5.18. The number of nitro benzene ring substituents is 1. The van der Waals surface area contributed by atoms with Crippen molar-refractivity contribution in [3.05, 3.63) is 39.9 Å². The van der Waals surface area contributed by atoms with Gasteiger partial charge >= 0.3 is 10.2 Å². The predicted molar refractivity (Wildman–Crippen MR) is 63.3 cm³/mol. The lowest BCUT2D eigenvalue weighted by Gasteiger charge is -2.04. The minimum atomic E-state index is -3.70. The van der Waals surface area contributed by atoms with Crippen molar-refractivity contribution in [3.63, 3.8) is 0 Å². The lowest BCUT2D eigenvalue weighted by Crippen LogP contribution is -2.19. The fraction of sp³-hybridized carbons (Fsp3) is 0.222. The van der Waals surface area contributed by atoms with Crippen LogP contribution in [0.2, 0.25) is 0 Å². The maximum Gasteiger partial charge on any atom is 0.321 e. The zero-order valence-electron chi connectivity index (χ0n) is 9.27. The monoisotopic (exact) mass is 257 g/mol. The van der Waals surface area contributed by atoms with Gasteiger partial charge in [-0.25, -0.2) is 0 Å². The second kappa shape index (κ2) is 5.02. The van der Waals surface area contributed by atoms with Crippen LogP contribution in [0.15, 0.2) is 28.7 Å². The van der Waals surface area contributed by atoms with Gasteiger partial charge in [0.2, 0.25) is 0 Å². The Morgan fingerprint density at radius 2 is 2.06 bits per heavy atom. The van der Waals surface area contributed by atoms with Gasteiger partial charge in [-0.2, -0.15) is 17.1 Å². The first-order chi connectivity index (χ1) is 7.83. The second-order valence-electron chi connectivity index (χ2n) is 3.35. The molecule has 0 aliphatic carbocycles. The zero-order chi connectivity index (χ0) is 13.1. The molecule has 0 N–H and O–H groups in total. The Balaban J connectivity index is 3.01. The van der Waals surface area contributed by atoms with Crippen molar-refractivity contribution in [3.8, 4) is 0 Å². The van der Waals surface area contributed by atoms with Crippen LogP contribution in [0.4, 0.5) is 5.69 Å². The van der Waals surface area contributed by atoms with Gasteiger partial charge in [-0.1, -0.05) is 12.1 Å². The molecular weight excluding hydrogens is 246 g/mol. The van der Waals surface area contributed by atoms with E-state index in [0.717, 1.165) is 10.5 Å². The molecule has 0 atom stereocenters. The van der Waals surface area contributed by atoms with E-state index >= 15 is 0 Å². The molecule has 1 aromatic carbocycles. The summed E-state index contributed by atoms with van der Waals surface area (Å²) in [6, 6.07) is 5.55. The Morgan fingerprint density at radius 3 is 2.59 bits per heavy atom. The lowest BCUT2D eigenvalue weighted by atomic mass is 10.2. The van der Waals surface area contributed by atoms with Crippen LogP contribution in [0.5, 0.6) is 0 Å². The van der Waals surface area contributed by atoms with E-state index in [1.54, 1.807) is 0 Å². The van der Waals surface area contributed by atoms with Crippen LogP contribution < -0.4 is 0 Å². The fourth-order valence-corrected chi connectivity index (χ4v) is 1.38. The summed E-state index contributed by atoms with van der Waals surface area (Å²) in [7, 11) is -1.00. The van der Waals surface area contributed by atoms with Crippen LogP contribution >= 0.6 is 0 Å². The van der Waals surface area contributed by atoms with Crippen molar-refractivity contribution >= 4 is 22.1 Å². The molecule has 7 nitrogen and oxygen atoms in total. The fourth-order valence-electron chi connectivity index (χ4n) is 0.940. The van der Waals surface area contributed by atoms with Gasteiger partial charge in [0.15, 0.2) is 0 Å². The normalized spacial score (nSPS) is 12.2. The molecule has 0 radical (unpaired) electrons. The van der Waals surface area contributed by atoms with E-state index in [-0.39, 0.29) is 5.69 Å². The summed E-state index contributed by atoms with van der Waals surface area (Å²) in [5.74, 6) is 0. The quantitative estimate of drug-likeness (QED) is 0.453. The first-order valence-electron chi connectivity index (χ1n) is 4.55. The Bertz CT molecular complexity index is 551. The predicted octanol–water partition coefficient (Wildman–Crippen LogP) is 0.820. The molecule has 0 amide bonds. The highest BCUT2D eigenvalue weighted by atomic mass is 32.2. The molecule has 0 bridgehead atoms. The van der Waals surface area contributed by atoms with Crippen molar-refractivity contribution in [2.24, 2.45) is 4.40 Å². The number of nitrogens with zero attached hydrogens (tertiary/aromatic N) is 3. The number of rotatable bonds is 4. The Labute approximate surface area is 98.7 Å². The van der Waals surface area contributed by atoms with Crippen molar-refractivity contribution in [1.82, 2.24) is 4.31 Å². The van der Waals surface area contributed by atoms with Gasteiger partial charge < -0.3 is 0 Å². The minimum Gasteiger partial charge on any atom is -0.258 e. The molecule has 0 aliphatic heterocycles. The van der Waals surface area contributed by atoms with Gasteiger partial charge in [-0.3, -0.25) is 10.1 Å². The van der Waals surface area contributed by atoms with Crippen LogP contribution in [0.1, 0.15) is 5.56 Å². The number of benzene rings is 1. The van der Waals surface area contributed by atoms with Gasteiger partial charge in [-0.15, -0.1) is 0 Å². The van der Waals surface area contributed by atoms with Crippen molar-refractivity contribution in [1.29, 1.82) is 0 Å². The van der Waals surface area contributed by atoms with E-state index in [9.17, 15) is 18.5 Å². The standard InChI is InChI=1S/C9H11N3O4S/c1-11(2)17(15,16)10-7-8-4-3-5-9(6-8)12(13)14/h3-7H,1-2H3/b10-7+. The van der Waals surface area contributed by atoms with Crippen LogP contribution in [0.25, 0.3) is 0 Å². The third-order valence-corrected chi connectivity index (χ3v) is 3.17. The molecular formula is C9H11N3O4S. The highest BCUT2D eigenvalue weighted by molar-refractivity contribution is 7.87. The van der Waals surface area contributed by atoms with E-state index in [1.165, 1.54) is 38.4 Å². The number of hydrogen-bond acceptors (Lipinski definition) is 4. The van der Waals surface area contributed by atoms with Gasteiger partial charge in [0, 0.05) is 38.0 Å². The van der Waals surface area contributed by atoms with Crippen molar-refractivity contribution in [2.45, 2.75) is 0 Å². The molecule has 0 heterocycles. The van der Waals surface area contributed by atoms with Gasteiger partial charge in [0.1, 0.15) is 0 Å². The molecule has 17 heavy (non-hydrogen) atoms. The summed E-state index contributed by atoms with van der Waals surface area (Å²) in [4.78, 5) is 9.94.